The molecule has 2 heterocycles. The third-order valence-electron chi connectivity index (χ3n) is 28.2. The van der Waals surface area contributed by atoms with Crippen LogP contribution in [0.15, 0.2) is 409 Å². The van der Waals surface area contributed by atoms with Crippen molar-refractivity contribution >= 4 is 162 Å². The van der Waals surface area contributed by atoms with Crippen LogP contribution < -0.4 is 0 Å². The first-order valence-electron chi connectivity index (χ1n) is 43.4. The fourth-order valence-electron chi connectivity index (χ4n) is 22.3. The van der Waals surface area contributed by atoms with E-state index in [0.717, 1.165) is 43.9 Å². The van der Waals surface area contributed by atoms with E-state index in [1.54, 1.807) is 0 Å². The fraction of sp³-hybridized carbons (Fsp3) is 0.0492. The first kappa shape index (κ1) is 70.4. The summed E-state index contributed by atoms with van der Waals surface area (Å²) in [6.45, 7) is 9.44. The molecule has 2 heteroatoms. The van der Waals surface area contributed by atoms with Crippen molar-refractivity contribution in [3.63, 3.8) is 0 Å². The molecule has 578 valence electrons. The average Bonchev–Trinajstić information content (AvgIpc) is 1.52. The number of hydrogen-bond donors (Lipinski definition) is 0. The van der Waals surface area contributed by atoms with Gasteiger partial charge in [-0.25, -0.2) is 0 Å². The van der Waals surface area contributed by atoms with Gasteiger partial charge in [0.15, 0.2) is 0 Å². The largest absolute Gasteiger partial charge is 0.456 e. The lowest BCUT2D eigenvalue weighted by Gasteiger charge is -2.21. The summed E-state index contributed by atoms with van der Waals surface area (Å²) in [6, 6.07) is 149. The van der Waals surface area contributed by atoms with Gasteiger partial charge in [0.05, 0.1) is 0 Å². The quantitative estimate of drug-likeness (QED) is 0.123. The summed E-state index contributed by atoms with van der Waals surface area (Å²) in [6.07, 6.45) is 0. The molecule has 0 fully saturated rings. The van der Waals surface area contributed by atoms with E-state index in [2.05, 4.69) is 428 Å². The van der Waals surface area contributed by atoms with Crippen LogP contribution in [0, 0.1) is 0 Å². The second kappa shape index (κ2) is 26.5. The van der Waals surface area contributed by atoms with E-state index in [9.17, 15) is 0 Å². The lowest BCUT2D eigenvalue weighted by Crippen LogP contribution is -2.14. The molecule has 0 unspecified atom stereocenters. The van der Waals surface area contributed by atoms with Crippen LogP contribution in [-0.4, -0.2) is 0 Å². The smallest absolute Gasteiger partial charge is 0.135 e. The predicted octanol–water partition coefficient (Wildman–Crippen LogP) is 34.5. The molecule has 0 bridgehead atoms. The Bertz CT molecular complexity index is 8890. The van der Waals surface area contributed by atoms with Crippen molar-refractivity contribution in [3.8, 4) is 89.0 Å². The topological polar surface area (TPSA) is 26.3 Å². The highest BCUT2D eigenvalue weighted by Gasteiger charge is 2.39. The number of hydrogen-bond acceptors (Lipinski definition) is 2. The molecule has 0 spiro atoms. The second-order valence-electron chi connectivity index (χ2n) is 35.5. The highest BCUT2D eigenvalue weighted by molar-refractivity contribution is 6.28. The van der Waals surface area contributed by atoms with Crippen molar-refractivity contribution in [1.29, 1.82) is 0 Å². The Labute approximate surface area is 716 Å². The maximum absolute atomic E-state index is 6.58. The van der Waals surface area contributed by atoms with Crippen LogP contribution in [0.25, 0.3) is 251 Å². The van der Waals surface area contributed by atoms with E-state index in [-0.39, 0.29) is 10.8 Å². The molecule has 0 amide bonds. The lowest BCUT2D eigenvalue weighted by molar-refractivity contribution is 0.661. The molecule has 25 aromatic rings. The maximum atomic E-state index is 6.58. The molecule has 0 saturated carbocycles. The molecular weight excluding hydrogens is 1500 g/mol. The SMILES string of the molecule is CC1(C)c2ccc(-c3ccc4oc5ccc(-c6c7ccccc7c(-c7ccc8ccc9ccccc9c8c7)c7ccccc67)cc5c4c3)cc2-c2c1ccc1ccccc21.CC1(C)c2ccc(-c3ccc4oc5ccc(-c6c7ccccc7c(-c7cccc8c7ccc7cc9ccccc9cc78)c7ccccc67)cc5c4c3)cc2-c2c1ccc1ccccc21. The van der Waals surface area contributed by atoms with Gasteiger partial charge >= 0.3 is 0 Å². The minimum atomic E-state index is -0.0691. The summed E-state index contributed by atoms with van der Waals surface area (Å²) in [7, 11) is 0. The standard InChI is InChI=1S/C63H40O.C59H38O/c1-63(2)56-28-24-40(35-55(56)62-44-15-6-5-12-37(44)23-29-57(62)63)41-25-30-58-53(34-41)54-36-43(26-31-59(54)64-58)60-48-16-7-9-18-50(48)61(51-19-10-8-17-49(51)60)47-21-11-20-45-46(47)27-22-42-32-38-13-3-4-14-39(38)33-52(42)45;1-59(2)52-27-24-38(32-51(52)58-43-14-6-4-12-36(43)23-28-53(58)59)39-25-29-54-49(31-39)50-34-41(26-30-55(50)60-54)57-46-17-9-7-15-44(46)56(45-16-8-10-18-47(45)57)40-22-21-37-20-19-35-11-3-5-13-42(35)48(37)33-40/h3-36H,1-2H3;3-34H,1-2H3. The van der Waals surface area contributed by atoms with Gasteiger partial charge in [0.1, 0.15) is 22.3 Å². The van der Waals surface area contributed by atoms with E-state index < -0.39 is 0 Å². The predicted molar refractivity (Wildman–Crippen MR) is 528 cm³/mol. The van der Waals surface area contributed by atoms with Gasteiger partial charge in [0.2, 0.25) is 0 Å². The molecule has 23 aromatic carbocycles. The molecule has 0 atom stereocenters. The van der Waals surface area contributed by atoms with Crippen molar-refractivity contribution < 1.29 is 8.83 Å². The molecule has 2 aromatic heterocycles. The highest BCUT2D eigenvalue weighted by Crippen LogP contribution is 2.56. The highest BCUT2D eigenvalue weighted by atomic mass is 16.3. The Morgan fingerprint density at radius 2 is 0.435 bits per heavy atom. The van der Waals surface area contributed by atoms with Crippen molar-refractivity contribution in [2.45, 2.75) is 38.5 Å². The van der Waals surface area contributed by atoms with Gasteiger partial charge in [-0.3, -0.25) is 0 Å². The summed E-state index contributed by atoms with van der Waals surface area (Å²) < 4.78 is 13.1. The summed E-state index contributed by atoms with van der Waals surface area (Å²) in [5.41, 5.74) is 29.1. The zero-order chi connectivity index (χ0) is 82.0. The molecule has 2 nitrogen and oxygen atoms in total. The third kappa shape index (κ3) is 10.4. The molecule has 2 aliphatic carbocycles. The Balaban J connectivity index is 0.000000133. The van der Waals surface area contributed by atoms with E-state index in [4.69, 9.17) is 8.83 Å². The minimum Gasteiger partial charge on any atom is -0.456 e. The van der Waals surface area contributed by atoms with Crippen molar-refractivity contribution in [2.24, 2.45) is 0 Å². The molecule has 27 rings (SSSR count). The van der Waals surface area contributed by atoms with Gasteiger partial charge in [-0.15, -0.1) is 0 Å². The van der Waals surface area contributed by atoms with E-state index in [1.165, 1.54) is 230 Å². The Morgan fingerprint density at radius 3 is 0.887 bits per heavy atom. The van der Waals surface area contributed by atoms with Crippen molar-refractivity contribution in [1.82, 2.24) is 0 Å². The fourth-order valence-corrected chi connectivity index (χ4v) is 22.3. The van der Waals surface area contributed by atoms with Crippen LogP contribution in [0.4, 0.5) is 0 Å². The average molecular weight is 1580 g/mol. The Morgan fingerprint density at radius 1 is 0.145 bits per heavy atom. The second-order valence-corrected chi connectivity index (χ2v) is 35.5. The monoisotopic (exact) mass is 1570 g/mol. The Kier molecular flexibility index (Phi) is 15.0. The van der Waals surface area contributed by atoms with Gasteiger partial charge in [-0.2, -0.15) is 0 Å². The van der Waals surface area contributed by atoms with Crippen LogP contribution >= 0.6 is 0 Å². The zero-order valence-electron chi connectivity index (χ0n) is 68.9. The molecule has 0 N–H and O–H groups in total. The van der Waals surface area contributed by atoms with E-state index in [1.807, 2.05) is 0 Å². The van der Waals surface area contributed by atoms with Crippen LogP contribution in [0.2, 0.25) is 0 Å². The normalized spacial score (nSPS) is 13.3. The number of furan rings is 2. The van der Waals surface area contributed by atoms with Crippen molar-refractivity contribution in [3.05, 3.63) is 423 Å². The van der Waals surface area contributed by atoms with Gasteiger partial charge < -0.3 is 8.83 Å². The molecule has 0 saturated heterocycles. The number of benzene rings is 23. The van der Waals surface area contributed by atoms with Gasteiger partial charge in [0.25, 0.3) is 0 Å². The maximum Gasteiger partial charge on any atom is 0.135 e. The number of rotatable bonds is 6. The summed E-state index contributed by atoms with van der Waals surface area (Å²) >= 11 is 0. The van der Waals surface area contributed by atoms with E-state index in [0.29, 0.717) is 0 Å². The first-order valence-corrected chi connectivity index (χ1v) is 43.4. The molecule has 2 aliphatic rings. The lowest BCUT2D eigenvalue weighted by atomic mass is 9.82. The van der Waals surface area contributed by atoms with Crippen LogP contribution in [-0.2, 0) is 10.8 Å². The summed E-state index contributed by atoms with van der Waals surface area (Å²) in [4.78, 5) is 0. The molecule has 0 radical (unpaired) electrons. The molecular formula is C122H78O2. The Hall–Kier alpha value is -15.5. The van der Waals surface area contributed by atoms with Gasteiger partial charge in [-0.1, -0.05) is 349 Å². The van der Waals surface area contributed by atoms with Crippen LogP contribution in [0.3, 0.4) is 0 Å². The van der Waals surface area contributed by atoms with E-state index >= 15 is 0 Å². The van der Waals surface area contributed by atoms with Gasteiger partial charge in [-0.05, 0) is 309 Å². The molecule has 0 aliphatic heterocycles. The molecule has 124 heavy (non-hydrogen) atoms. The summed E-state index contributed by atoms with van der Waals surface area (Å²) in [5.74, 6) is 0. The zero-order valence-corrected chi connectivity index (χ0v) is 68.9. The minimum absolute atomic E-state index is 0.0642. The first-order chi connectivity index (χ1) is 61.0. The summed E-state index contributed by atoms with van der Waals surface area (Å²) in [5, 5.41) is 32.4. The van der Waals surface area contributed by atoms with Crippen molar-refractivity contribution in [2.75, 3.05) is 0 Å². The van der Waals surface area contributed by atoms with Crippen LogP contribution in [0.5, 0.6) is 0 Å². The number of fused-ring (bicyclic) bond motifs is 27. The third-order valence-corrected chi connectivity index (χ3v) is 28.2. The van der Waals surface area contributed by atoms with Gasteiger partial charge in [0, 0.05) is 32.4 Å². The van der Waals surface area contributed by atoms with Crippen LogP contribution in [0.1, 0.15) is 49.9 Å².